The lowest BCUT2D eigenvalue weighted by Gasteiger charge is -2.30. The normalized spacial score (nSPS) is 17.2. The second-order valence-corrected chi connectivity index (χ2v) is 6.39. The molecule has 1 aliphatic heterocycles. The van der Waals surface area contributed by atoms with E-state index < -0.39 is 16.8 Å². The summed E-state index contributed by atoms with van der Waals surface area (Å²) in [6.45, 7) is 3.59. The molecule has 0 saturated heterocycles. The van der Waals surface area contributed by atoms with Crippen LogP contribution in [-0.2, 0) is 11.1 Å². The highest BCUT2D eigenvalue weighted by molar-refractivity contribution is 7.79. The SMILES string of the molecule is CC1(C)N=C(c2ccc(F)cc2)c2ccc(S(=O)O)cc2O1. The van der Waals surface area contributed by atoms with Crippen LogP contribution >= 0.6 is 0 Å². The van der Waals surface area contributed by atoms with Gasteiger partial charge in [-0.2, -0.15) is 0 Å². The van der Waals surface area contributed by atoms with E-state index in [4.69, 9.17) is 4.74 Å². The van der Waals surface area contributed by atoms with Crippen molar-refractivity contribution in [3.63, 3.8) is 0 Å². The molecule has 22 heavy (non-hydrogen) atoms. The van der Waals surface area contributed by atoms with Gasteiger partial charge in [0.2, 0.25) is 0 Å². The van der Waals surface area contributed by atoms with Crippen molar-refractivity contribution in [2.75, 3.05) is 0 Å². The Kier molecular flexibility index (Phi) is 3.58. The molecule has 114 valence electrons. The Balaban J connectivity index is 2.16. The highest BCUT2D eigenvalue weighted by atomic mass is 32.2. The van der Waals surface area contributed by atoms with Crippen LogP contribution in [-0.4, -0.2) is 20.2 Å². The molecule has 0 spiro atoms. The minimum absolute atomic E-state index is 0.259. The monoisotopic (exact) mass is 319 g/mol. The van der Waals surface area contributed by atoms with Crippen LogP contribution in [0.1, 0.15) is 25.0 Å². The first-order chi connectivity index (χ1) is 10.4. The molecule has 0 fully saturated rings. The Morgan fingerprint density at radius 1 is 1.18 bits per heavy atom. The van der Waals surface area contributed by atoms with E-state index in [1.54, 1.807) is 38.1 Å². The van der Waals surface area contributed by atoms with Crippen molar-refractivity contribution in [3.8, 4) is 5.75 Å². The lowest BCUT2D eigenvalue weighted by molar-refractivity contribution is 0.115. The predicted octanol–water partition coefficient (Wildman–Crippen LogP) is 3.37. The summed E-state index contributed by atoms with van der Waals surface area (Å²) in [6.07, 6.45) is 0. The van der Waals surface area contributed by atoms with Gasteiger partial charge in [0.05, 0.1) is 10.6 Å². The first-order valence-corrected chi connectivity index (χ1v) is 7.76. The molecule has 0 aliphatic carbocycles. The largest absolute Gasteiger partial charge is 0.466 e. The van der Waals surface area contributed by atoms with E-state index in [2.05, 4.69) is 4.99 Å². The molecule has 1 atom stereocenters. The third-order valence-corrected chi connectivity index (χ3v) is 3.93. The third-order valence-electron chi connectivity index (χ3n) is 3.27. The van der Waals surface area contributed by atoms with Crippen LogP contribution in [0, 0.1) is 5.82 Å². The summed E-state index contributed by atoms with van der Waals surface area (Å²) >= 11 is -2.08. The molecule has 2 aromatic rings. The summed E-state index contributed by atoms with van der Waals surface area (Å²) < 4.78 is 39.3. The number of hydrogen-bond donors (Lipinski definition) is 1. The Labute approximate surface area is 129 Å². The Bertz CT molecular complexity index is 784. The van der Waals surface area contributed by atoms with Gasteiger partial charge in [-0.1, -0.05) is 0 Å². The first-order valence-electron chi connectivity index (χ1n) is 6.66. The Morgan fingerprint density at radius 3 is 2.50 bits per heavy atom. The summed E-state index contributed by atoms with van der Waals surface area (Å²) in [5, 5.41) is 0. The molecule has 0 bridgehead atoms. The highest BCUT2D eigenvalue weighted by Crippen LogP contribution is 2.33. The van der Waals surface area contributed by atoms with Gasteiger partial charge in [-0.25, -0.2) is 13.6 Å². The molecule has 0 radical (unpaired) electrons. The fourth-order valence-electron chi connectivity index (χ4n) is 2.34. The lowest BCUT2D eigenvalue weighted by atomic mass is 9.99. The highest BCUT2D eigenvalue weighted by Gasteiger charge is 2.29. The number of aliphatic imine (C=N–C) groups is 1. The standard InChI is InChI=1S/C16H14FNO3S/c1-16(2)18-15(10-3-5-11(17)6-4-10)13-8-7-12(22(19)20)9-14(13)21-16/h3-9H,1-2H3,(H,19,20). The van der Waals surface area contributed by atoms with Crippen molar-refractivity contribution in [2.24, 2.45) is 4.99 Å². The number of fused-ring (bicyclic) bond motifs is 1. The number of ether oxygens (including phenoxy) is 1. The van der Waals surface area contributed by atoms with Crippen LogP contribution in [0.15, 0.2) is 52.4 Å². The van der Waals surface area contributed by atoms with Crippen molar-refractivity contribution in [1.82, 2.24) is 0 Å². The molecule has 1 aliphatic rings. The van der Waals surface area contributed by atoms with Crippen molar-refractivity contribution in [2.45, 2.75) is 24.5 Å². The van der Waals surface area contributed by atoms with Gasteiger partial charge >= 0.3 is 0 Å². The maximum Gasteiger partial charge on any atom is 0.195 e. The lowest BCUT2D eigenvalue weighted by Crippen LogP contribution is -2.32. The van der Waals surface area contributed by atoms with Gasteiger partial charge in [0.25, 0.3) is 0 Å². The van der Waals surface area contributed by atoms with E-state index in [0.29, 0.717) is 17.0 Å². The average Bonchev–Trinajstić information content (AvgIpc) is 2.45. The van der Waals surface area contributed by atoms with E-state index in [1.165, 1.54) is 18.2 Å². The average molecular weight is 319 g/mol. The van der Waals surface area contributed by atoms with Crippen molar-refractivity contribution in [3.05, 3.63) is 59.4 Å². The van der Waals surface area contributed by atoms with Crippen LogP contribution in [0.25, 0.3) is 0 Å². The zero-order valence-electron chi connectivity index (χ0n) is 12.0. The van der Waals surface area contributed by atoms with Gasteiger partial charge in [-0.3, -0.25) is 0 Å². The van der Waals surface area contributed by atoms with Crippen molar-refractivity contribution in [1.29, 1.82) is 0 Å². The topological polar surface area (TPSA) is 58.9 Å². The zero-order chi connectivity index (χ0) is 15.9. The Morgan fingerprint density at radius 2 is 1.86 bits per heavy atom. The summed E-state index contributed by atoms with van der Waals surface area (Å²) in [6, 6.07) is 10.8. The molecule has 1 N–H and O–H groups in total. The summed E-state index contributed by atoms with van der Waals surface area (Å²) in [4.78, 5) is 4.82. The van der Waals surface area contributed by atoms with Gasteiger partial charge in [-0.15, -0.1) is 0 Å². The molecule has 1 heterocycles. The van der Waals surface area contributed by atoms with Crippen molar-refractivity contribution < 1.29 is 17.9 Å². The number of benzene rings is 2. The summed E-state index contributed by atoms with van der Waals surface area (Å²) in [5.74, 6) is 0.168. The molecule has 6 heteroatoms. The zero-order valence-corrected chi connectivity index (χ0v) is 12.9. The molecule has 3 rings (SSSR count). The van der Waals surface area contributed by atoms with E-state index in [-0.39, 0.29) is 10.7 Å². The fourth-order valence-corrected chi connectivity index (χ4v) is 2.73. The van der Waals surface area contributed by atoms with E-state index in [1.807, 2.05) is 0 Å². The minimum atomic E-state index is -2.08. The van der Waals surface area contributed by atoms with Crippen LogP contribution in [0.3, 0.4) is 0 Å². The maximum atomic E-state index is 13.1. The van der Waals surface area contributed by atoms with E-state index in [9.17, 15) is 13.2 Å². The van der Waals surface area contributed by atoms with Gasteiger partial charge < -0.3 is 9.29 Å². The molecule has 1 unspecified atom stereocenters. The smallest absolute Gasteiger partial charge is 0.195 e. The number of halogens is 1. The van der Waals surface area contributed by atoms with Gasteiger partial charge in [-0.05, 0) is 56.3 Å². The Hall–Kier alpha value is -2.05. The number of hydrogen-bond acceptors (Lipinski definition) is 3. The molecule has 2 aromatic carbocycles. The predicted molar refractivity (Wildman–Crippen MR) is 82.2 cm³/mol. The van der Waals surface area contributed by atoms with Crippen molar-refractivity contribution >= 4 is 16.8 Å². The van der Waals surface area contributed by atoms with Gasteiger partial charge in [0, 0.05) is 11.1 Å². The second-order valence-electron chi connectivity index (χ2n) is 5.42. The number of nitrogens with zero attached hydrogens (tertiary/aromatic N) is 1. The quantitative estimate of drug-likeness (QED) is 0.863. The molecule has 4 nitrogen and oxygen atoms in total. The van der Waals surface area contributed by atoms with E-state index >= 15 is 0 Å². The first kappa shape index (κ1) is 14.9. The maximum absolute atomic E-state index is 13.1. The van der Waals surface area contributed by atoms with Crippen LogP contribution in [0.2, 0.25) is 0 Å². The van der Waals surface area contributed by atoms with Crippen LogP contribution < -0.4 is 4.74 Å². The summed E-state index contributed by atoms with van der Waals surface area (Å²) in [7, 11) is 0. The minimum Gasteiger partial charge on any atom is -0.466 e. The van der Waals surface area contributed by atoms with Crippen LogP contribution in [0.5, 0.6) is 5.75 Å². The molecule has 0 saturated carbocycles. The second kappa shape index (κ2) is 5.30. The molecule has 0 amide bonds. The number of rotatable bonds is 2. The summed E-state index contributed by atoms with van der Waals surface area (Å²) in [5.41, 5.74) is 1.32. The van der Waals surface area contributed by atoms with Crippen LogP contribution in [0.4, 0.5) is 4.39 Å². The molecular formula is C16H14FNO3S. The molecular weight excluding hydrogens is 305 g/mol. The van der Waals surface area contributed by atoms with E-state index in [0.717, 1.165) is 5.56 Å². The van der Waals surface area contributed by atoms with Gasteiger partial charge in [0.1, 0.15) is 11.6 Å². The fraction of sp³-hybridized carbons (Fsp3) is 0.188. The van der Waals surface area contributed by atoms with Gasteiger partial charge in [0.15, 0.2) is 16.8 Å². The molecule has 0 aromatic heterocycles. The third kappa shape index (κ3) is 2.80.